The van der Waals surface area contributed by atoms with Gasteiger partial charge in [0.25, 0.3) is 0 Å². The van der Waals surface area contributed by atoms with Crippen LogP contribution in [0.5, 0.6) is 0 Å². The summed E-state index contributed by atoms with van der Waals surface area (Å²) in [6.45, 7) is 1.81. The number of alkyl halides is 1. The van der Waals surface area contributed by atoms with E-state index in [0.29, 0.717) is 5.41 Å². The molecule has 0 saturated carbocycles. The first kappa shape index (κ1) is 10.2. The van der Waals surface area contributed by atoms with Gasteiger partial charge in [-0.05, 0) is 18.4 Å². The van der Waals surface area contributed by atoms with Gasteiger partial charge in [-0.2, -0.15) is 0 Å². The Hall–Kier alpha value is -0.340. The van der Waals surface area contributed by atoms with Crippen molar-refractivity contribution in [2.45, 2.75) is 12.8 Å². The highest BCUT2D eigenvalue weighted by molar-refractivity contribution is 9.09. The average Bonchev–Trinajstić information content (AvgIpc) is 2.69. The summed E-state index contributed by atoms with van der Waals surface area (Å²) in [6.07, 6.45) is 2.30. The topological polar surface area (TPSA) is 9.23 Å². The molecule has 0 aromatic heterocycles. The zero-order chi connectivity index (χ0) is 9.86. The maximum atomic E-state index is 5.49. The Labute approximate surface area is 93.6 Å². The van der Waals surface area contributed by atoms with Crippen LogP contribution in [0.1, 0.15) is 12.0 Å². The fourth-order valence-electron chi connectivity index (χ4n) is 1.97. The van der Waals surface area contributed by atoms with Gasteiger partial charge >= 0.3 is 0 Å². The normalized spacial score (nSPS) is 26.6. The first-order valence-electron chi connectivity index (χ1n) is 5.02. The lowest BCUT2D eigenvalue weighted by molar-refractivity contribution is 0.162. The van der Waals surface area contributed by atoms with E-state index in [9.17, 15) is 0 Å². The van der Waals surface area contributed by atoms with Crippen LogP contribution >= 0.6 is 15.9 Å². The van der Waals surface area contributed by atoms with E-state index in [1.54, 1.807) is 0 Å². The molecular formula is C12H15BrO. The van der Waals surface area contributed by atoms with Crippen molar-refractivity contribution < 1.29 is 4.74 Å². The molecule has 1 aliphatic heterocycles. The molecule has 1 aromatic carbocycles. The summed E-state index contributed by atoms with van der Waals surface area (Å²) >= 11 is 3.61. The van der Waals surface area contributed by atoms with E-state index in [1.165, 1.54) is 12.0 Å². The second kappa shape index (κ2) is 4.45. The fourth-order valence-corrected chi connectivity index (χ4v) is 2.61. The summed E-state index contributed by atoms with van der Waals surface area (Å²) in [5.74, 6) is 0. The van der Waals surface area contributed by atoms with Crippen LogP contribution in [-0.2, 0) is 11.2 Å². The van der Waals surface area contributed by atoms with Crippen molar-refractivity contribution in [1.29, 1.82) is 0 Å². The summed E-state index contributed by atoms with van der Waals surface area (Å²) < 4.78 is 5.49. The molecule has 0 N–H and O–H groups in total. The van der Waals surface area contributed by atoms with Crippen LogP contribution in [0.3, 0.4) is 0 Å². The highest BCUT2D eigenvalue weighted by Gasteiger charge is 2.33. The Morgan fingerprint density at radius 3 is 2.64 bits per heavy atom. The molecule has 76 valence electrons. The van der Waals surface area contributed by atoms with Gasteiger partial charge in [-0.25, -0.2) is 0 Å². The van der Waals surface area contributed by atoms with Crippen molar-refractivity contribution in [3.63, 3.8) is 0 Å². The number of rotatable bonds is 3. The van der Waals surface area contributed by atoms with Gasteiger partial charge in [-0.1, -0.05) is 46.3 Å². The number of hydrogen-bond donors (Lipinski definition) is 0. The standard InChI is InChI=1S/C12H15BrO/c13-9-12(6-7-14-10-12)8-11-4-2-1-3-5-11/h1-5H,6-10H2. The molecule has 1 unspecified atom stereocenters. The Morgan fingerprint density at radius 2 is 2.07 bits per heavy atom. The van der Waals surface area contributed by atoms with Crippen LogP contribution in [0.15, 0.2) is 30.3 Å². The van der Waals surface area contributed by atoms with E-state index in [0.717, 1.165) is 25.0 Å². The largest absolute Gasteiger partial charge is 0.381 e. The van der Waals surface area contributed by atoms with E-state index in [-0.39, 0.29) is 0 Å². The van der Waals surface area contributed by atoms with Crippen molar-refractivity contribution >= 4 is 15.9 Å². The Balaban J connectivity index is 2.08. The van der Waals surface area contributed by atoms with E-state index in [2.05, 4.69) is 46.3 Å². The third kappa shape index (κ3) is 2.18. The lowest BCUT2D eigenvalue weighted by atomic mass is 9.83. The second-order valence-electron chi connectivity index (χ2n) is 4.10. The molecule has 0 bridgehead atoms. The van der Waals surface area contributed by atoms with Crippen molar-refractivity contribution in [3.05, 3.63) is 35.9 Å². The van der Waals surface area contributed by atoms with Gasteiger partial charge in [0.2, 0.25) is 0 Å². The molecule has 14 heavy (non-hydrogen) atoms. The Kier molecular flexibility index (Phi) is 3.24. The molecule has 0 radical (unpaired) electrons. The Morgan fingerprint density at radius 1 is 1.29 bits per heavy atom. The number of ether oxygens (including phenoxy) is 1. The van der Waals surface area contributed by atoms with Crippen molar-refractivity contribution in [3.8, 4) is 0 Å². The maximum Gasteiger partial charge on any atom is 0.0534 e. The van der Waals surface area contributed by atoms with Gasteiger partial charge in [0.1, 0.15) is 0 Å². The molecule has 0 aliphatic carbocycles. The molecule has 1 aromatic rings. The first-order valence-corrected chi connectivity index (χ1v) is 6.14. The highest BCUT2D eigenvalue weighted by atomic mass is 79.9. The van der Waals surface area contributed by atoms with Crippen LogP contribution in [0.4, 0.5) is 0 Å². The molecule has 1 aliphatic rings. The molecule has 2 rings (SSSR count). The highest BCUT2D eigenvalue weighted by Crippen LogP contribution is 2.34. The van der Waals surface area contributed by atoms with Crippen molar-refractivity contribution in [2.75, 3.05) is 18.5 Å². The third-order valence-corrected chi connectivity index (χ3v) is 4.08. The van der Waals surface area contributed by atoms with Crippen LogP contribution in [-0.4, -0.2) is 18.5 Å². The number of benzene rings is 1. The second-order valence-corrected chi connectivity index (χ2v) is 4.66. The third-order valence-electron chi connectivity index (χ3n) is 2.89. The lowest BCUT2D eigenvalue weighted by Crippen LogP contribution is -2.25. The minimum Gasteiger partial charge on any atom is -0.381 e. The monoisotopic (exact) mass is 254 g/mol. The quantitative estimate of drug-likeness (QED) is 0.754. The zero-order valence-electron chi connectivity index (χ0n) is 8.21. The molecular weight excluding hydrogens is 240 g/mol. The van der Waals surface area contributed by atoms with Crippen LogP contribution in [0.25, 0.3) is 0 Å². The molecule has 1 heterocycles. The molecule has 1 atom stereocenters. The SMILES string of the molecule is BrCC1(Cc2ccccc2)CCOC1. The van der Waals surface area contributed by atoms with Crippen LogP contribution in [0.2, 0.25) is 0 Å². The molecule has 0 amide bonds. The summed E-state index contributed by atoms with van der Waals surface area (Å²) in [5.41, 5.74) is 1.75. The fraction of sp³-hybridized carbons (Fsp3) is 0.500. The molecule has 2 heteroatoms. The van der Waals surface area contributed by atoms with Gasteiger partial charge in [0, 0.05) is 17.4 Å². The van der Waals surface area contributed by atoms with Crippen LogP contribution in [0, 0.1) is 5.41 Å². The molecule has 1 nitrogen and oxygen atoms in total. The first-order chi connectivity index (χ1) is 6.85. The van der Waals surface area contributed by atoms with Gasteiger partial charge in [0.15, 0.2) is 0 Å². The van der Waals surface area contributed by atoms with E-state index in [1.807, 2.05) is 0 Å². The average molecular weight is 255 g/mol. The smallest absolute Gasteiger partial charge is 0.0534 e. The number of hydrogen-bond acceptors (Lipinski definition) is 1. The zero-order valence-corrected chi connectivity index (χ0v) is 9.79. The van der Waals surface area contributed by atoms with Crippen molar-refractivity contribution in [1.82, 2.24) is 0 Å². The van der Waals surface area contributed by atoms with E-state index < -0.39 is 0 Å². The predicted octanol–water partition coefficient (Wildman–Crippen LogP) is 3.03. The van der Waals surface area contributed by atoms with Gasteiger partial charge in [-0.3, -0.25) is 0 Å². The lowest BCUT2D eigenvalue weighted by Gasteiger charge is -2.24. The summed E-state index contributed by atoms with van der Waals surface area (Å²) in [5, 5.41) is 1.04. The molecule has 1 fully saturated rings. The summed E-state index contributed by atoms with van der Waals surface area (Å²) in [7, 11) is 0. The van der Waals surface area contributed by atoms with Crippen molar-refractivity contribution in [2.24, 2.45) is 5.41 Å². The summed E-state index contributed by atoms with van der Waals surface area (Å²) in [6, 6.07) is 10.7. The molecule has 1 saturated heterocycles. The van der Waals surface area contributed by atoms with Crippen LogP contribution < -0.4 is 0 Å². The maximum absolute atomic E-state index is 5.49. The summed E-state index contributed by atoms with van der Waals surface area (Å²) in [4.78, 5) is 0. The molecule has 0 spiro atoms. The van der Waals surface area contributed by atoms with E-state index >= 15 is 0 Å². The van der Waals surface area contributed by atoms with Gasteiger partial charge < -0.3 is 4.74 Å². The minimum atomic E-state index is 0.335. The number of halogens is 1. The van der Waals surface area contributed by atoms with Gasteiger partial charge in [-0.15, -0.1) is 0 Å². The Bertz CT molecular complexity index is 278. The minimum absolute atomic E-state index is 0.335. The predicted molar refractivity (Wildman–Crippen MR) is 61.8 cm³/mol. The van der Waals surface area contributed by atoms with Gasteiger partial charge in [0.05, 0.1) is 6.61 Å². The van der Waals surface area contributed by atoms with E-state index in [4.69, 9.17) is 4.74 Å².